The van der Waals surface area contributed by atoms with Crippen molar-refractivity contribution < 1.29 is 26.3 Å². The number of rotatable bonds is 2. The number of benzene rings is 2. The van der Waals surface area contributed by atoms with Crippen molar-refractivity contribution in [2.75, 3.05) is 0 Å². The van der Waals surface area contributed by atoms with Crippen LogP contribution in [0.3, 0.4) is 0 Å². The van der Waals surface area contributed by atoms with Crippen LogP contribution in [0.5, 0.6) is 0 Å². The SMILES string of the molecule is N#Cc1ccc2c(-c3nc(Cl)ncc3C(F)(F)F)c[nH]c2c1Cl.N#Cc1ccc2c(-c3ncncc3C(F)(F)F)c[nH]c2c1. The monoisotopic (exact) mass is 644 g/mol. The van der Waals surface area contributed by atoms with E-state index in [0.717, 1.165) is 12.5 Å². The summed E-state index contributed by atoms with van der Waals surface area (Å²) >= 11 is 11.7. The topological polar surface area (TPSA) is 131 Å². The second kappa shape index (κ2) is 11.5. The first kappa shape index (κ1) is 30.3. The minimum atomic E-state index is -4.64. The van der Waals surface area contributed by atoms with E-state index in [0.29, 0.717) is 39.1 Å². The number of aromatic amines is 2. The van der Waals surface area contributed by atoms with E-state index in [1.807, 2.05) is 12.1 Å². The van der Waals surface area contributed by atoms with Crippen molar-refractivity contribution in [2.45, 2.75) is 12.4 Å². The highest BCUT2D eigenvalue weighted by atomic mass is 35.5. The van der Waals surface area contributed by atoms with Gasteiger partial charge >= 0.3 is 12.4 Å². The standard InChI is InChI=1S/C14H5Cl2F3N4.C14H7F3N4/c15-10-6(3-20)1-2-7-8(4-21-12(7)10)11-9(14(17,18)19)5-22-13(16)23-11;15-14(16,17)11-6-19-7-21-13(11)10-5-20-12-3-8(4-18)1-2-9(10)12/h1-2,4-5,21H;1-3,5-7,20H. The van der Waals surface area contributed by atoms with Crippen LogP contribution in [-0.2, 0) is 12.4 Å². The summed E-state index contributed by atoms with van der Waals surface area (Å²) in [5.41, 5.74) is -0.387. The first-order chi connectivity index (χ1) is 20.8. The molecule has 0 saturated carbocycles. The normalized spacial score (nSPS) is 11.6. The number of nitriles is 2. The molecule has 6 aromatic rings. The first-order valence-corrected chi connectivity index (χ1v) is 12.8. The quantitative estimate of drug-likeness (QED) is 0.144. The van der Waals surface area contributed by atoms with Gasteiger partial charge in [-0.1, -0.05) is 23.7 Å². The van der Waals surface area contributed by atoms with Crippen LogP contribution in [0.15, 0.2) is 61.4 Å². The molecule has 4 heterocycles. The van der Waals surface area contributed by atoms with Crippen molar-refractivity contribution >= 4 is 45.0 Å². The maximum absolute atomic E-state index is 13.2. The third-order valence-electron chi connectivity index (χ3n) is 6.32. The first-order valence-electron chi connectivity index (χ1n) is 12.0. The molecule has 0 aliphatic heterocycles. The Morgan fingerprint density at radius 2 is 1.41 bits per heavy atom. The van der Waals surface area contributed by atoms with E-state index in [2.05, 4.69) is 29.9 Å². The van der Waals surface area contributed by atoms with Gasteiger partial charge in [-0.2, -0.15) is 36.9 Å². The Bertz CT molecular complexity index is 2120. The summed E-state index contributed by atoms with van der Waals surface area (Å²) < 4.78 is 78.6. The highest BCUT2D eigenvalue weighted by Crippen LogP contribution is 2.40. The van der Waals surface area contributed by atoms with Crippen LogP contribution in [-0.4, -0.2) is 29.9 Å². The molecule has 220 valence electrons. The molecule has 0 saturated heterocycles. The number of aromatic nitrogens is 6. The van der Waals surface area contributed by atoms with Gasteiger partial charge in [-0.3, -0.25) is 0 Å². The van der Waals surface area contributed by atoms with Crippen LogP contribution in [0.2, 0.25) is 10.3 Å². The number of hydrogen-bond acceptors (Lipinski definition) is 6. The molecule has 0 amide bonds. The Morgan fingerprint density at radius 3 is 2.09 bits per heavy atom. The zero-order chi connectivity index (χ0) is 31.8. The molecule has 6 rings (SSSR count). The molecule has 0 radical (unpaired) electrons. The van der Waals surface area contributed by atoms with Crippen LogP contribution in [0.1, 0.15) is 22.3 Å². The number of fused-ring (bicyclic) bond motifs is 2. The minimum absolute atomic E-state index is 0.130. The number of nitrogens with one attached hydrogen (secondary N) is 2. The van der Waals surface area contributed by atoms with Gasteiger partial charge in [-0.05, 0) is 29.8 Å². The van der Waals surface area contributed by atoms with Crippen LogP contribution in [0, 0.1) is 22.7 Å². The Labute approximate surface area is 252 Å². The van der Waals surface area contributed by atoms with Crippen molar-refractivity contribution in [2.24, 2.45) is 0 Å². The van der Waals surface area contributed by atoms with Crippen LogP contribution in [0.4, 0.5) is 26.3 Å². The fraction of sp³-hybridized carbons (Fsp3) is 0.0714. The predicted octanol–water partition coefficient (Wildman–Crippen LogP) is 8.34. The van der Waals surface area contributed by atoms with Gasteiger partial charge in [0.25, 0.3) is 0 Å². The lowest BCUT2D eigenvalue weighted by Gasteiger charge is -2.11. The van der Waals surface area contributed by atoms with Crippen LogP contribution >= 0.6 is 23.2 Å². The maximum atomic E-state index is 13.2. The zero-order valence-electron chi connectivity index (χ0n) is 21.5. The average Bonchev–Trinajstić information content (AvgIpc) is 3.61. The van der Waals surface area contributed by atoms with Gasteiger partial charge in [0.15, 0.2) is 0 Å². The Balaban J connectivity index is 0.000000175. The summed E-state index contributed by atoms with van der Waals surface area (Å²) in [4.78, 5) is 20.0. The Morgan fingerprint density at radius 1 is 0.750 bits per heavy atom. The molecule has 0 spiro atoms. The highest BCUT2D eigenvalue weighted by Gasteiger charge is 2.37. The van der Waals surface area contributed by atoms with Gasteiger partial charge in [0.05, 0.1) is 39.1 Å². The summed E-state index contributed by atoms with van der Waals surface area (Å²) in [6.45, 7) is 0. The van der Waals surface area contributed by atoms with Crippen molar-refractivity contribution in [3.63, 3.8) is 0 Å². The molecule has 2 N–H and O–H groups in total. The second-order valence-corrected chi connectivity index (χ2v) is 9.64. The molecule has 2 aromatic carbocycles. The van der Waals surface area contributed by atoms with E-state index < -0.39 is 23.5 Å². The maximum Gasteiger partial charge on any atom is 0.419 e. The summed E-state index contributed by atoms with van der Waals surface area (Å²) in [5.74, 6) is 0. The van der Waals surface area contributed by atoms with Crippen LogP contribution < -0.4 is 0 Å². The van der Waals surface area contributed by atoms with E-state index in [1.54, 1.807) is 18.2 Å². The molecule has 0 atom stereocenters. The molecule has 0 unspecified atom stereocenters. The van der Waals surface area contributed by atoms with Gasteiger partial charge in [0.1, 0.15) is 23.5 Å². The summed E-state index contributed by atoms with van der Waals surface area (Å²) in [6, 6.07) is 11.5. The van der Waals surface area contributed by atoms with E-state index in [9.17, 15) is 26.3 Å². The highest BCUT2D eigenvalue weighted by molar-refractivity contribution is 6.36. The van der Waals surface area contributed by atoms with Crippen molar-refractivity contribution in [1.29, 1.82) is 10.5 Å². The number of halogens is 8. The third-order valence-corrected chi connectivity index (χ3v) is 6.89. The third kappa shape index (κ3) is 5.73. The van der Waals surface area contributed by atoms with Gasteiger partial charge in [-0.15, -0.1) is 0 Å². The zero-order valence-corrected chi connectivity index (χ0v) is 23.0. The minimum Gasteiger partial charge on any atom is -0.360 e. The molecule has 0 fully saturated rings. The number of alkyl halides is 6. The second-order valence-electron chi connectivity index (χ2n) is 8.92. The fourth-order valence-electron chi connectivity index (χ4n) is 4.36. The number of nitrogens with zero attached hydrogens (tertiary/aromatic N) is 6. The van der Waals surface area contributed by atoms with Gasteiger partial charge in [-0.25, -0.2) is 19.9 Å². The lowest BCUT2D eigenvalue weighted by molar-refractivity contribution is -0.138. The van der Waals surface area contributed by atoms with E-state index in [4.69, 9.17) is 33.7 Å². The Hall–Kier alpha value is -5.18. The molecule has 8 nitrogen and oxygen atoms in total. The summed E-state index contributed by atoms with van der Waals surface area (Å²) in [6.07, 6.45) is -3.92. The van der Waals surface area contributed by atoms with E-state index in [-0.39, 0.29) is 32.8 Å². The lowest BCUT2D eigenvalue weighted by atomic mass is 10.0. The van der Waals surface area contributed by atoms with Gasteiger partial charge in [0, 0.05) is 52.2 Å². The van der Waals surface area contributed by atoms with E-state index in [1.165, 1.54) is 24.5 Å². The molecular formula is C28H12Cl2F6N8. The van der Waals surface area contributed by atoms with E-state index >= 15 is 0 Å². The summed E-state index contributed by atoms with van der Waals surface area (Å²) in [5, 5.41) is 18.6. The molecule has 44 heavy (non-hydrogen) atoms. The lowest BCUT2D eigenvalue weighted by Crippen LogP contribution is -2.09. The smallest absolute Gasteiger partial charge is 0.360 e. The van der Waals surface area contributed by atoms with Gasteiger partial charge < -0.3 is 9.97 Å². The number of hydrogen-bond donors (Lipinski definition) is 2. The van der Waals surface area contributed by atoms with Gasteiger partial charge in [0.2, 0.25) is 5.28 Å². The largest absolute Gasteiger partial charge is 0.419 e. The predicted molar refractivity (Wildman–Crippen MR) is 148 cm³/mol. The Kier molecular flexibility index (Phi) is 7.90. The molecule has 16 heteroatoms. The average molecular weight is 645 g/mol. The van der Waals surface area contributed by atoms with Crippen molar-refractivity contribution in [1.82, 2.24) is 29.9 Å². The fourth-order valence-corrected chi connectivity index (χ4v) is 4.76. The summed E-state index contributed by atoms with van der Waals surface area (Å²) in [7, 11) is 0. The van der Waals surface area contributed by atoms with Crippen LogP contribution in [0.25, 0.3) is 44.3 Å². The molecular weight excluding hydrogens is 633 g/mol. The molecule has 0 aliphatic rings. The molecule has 0 bridgehead atoms. The van der Waals surface area contributed by atoms with Crippen molar-refractivity contribution in [3.05, 3.63) is 94.0 Å². The number of H-pyrrole nitrogens is 2. The molecule has 4 aromatic heterocycles. The van der Waals surface area contributed by atoms with Crippen molar-refractivity contribution in [3.8, 4) is 34.7 Å². The molecule has 0 aliphatic carbocycles.